The average Bonchev–Trinajstić information content (AvgIpc) is 2.12. The van der Waals surface area contributed by atoms with E-state index >= 15 is 0 Å². The first kappa shape index (κ1) is 9.63. The average molecular weight is 186 g/mol. The number of rotatable bonds is 4. The van der Waals surface area contributed by atoms with Crippen molar-refractivity contribution in [1.82, 2.24) is 0 Å². The van der Waals surface area contributed by atoms with Crippen LogP contribution in [0.1, 0.15) is 0 Å². The lowest BCUT2D eigenvalue weighted by atomic mass is 10.3. The molecular formula is C8H10O5. The Labute approximate surface area is 74.8 Å². The van der Waals surface area contributed by atoms with E-state index in [1.165, 1.54) is 18.2 Å². The summed E-state index contributed by atoms with van der Waals surface area (Å²) in [6, 6.07) is 4.17. The number of hydrogen-bond donors (Lipinski definition) is 3. The van der Waals surface area contributed by atoms with Crippen molar-refractivity contribution in [3.63, 3.8) is 0 Å². The van der Waals surface area contributed by atoms with E-state index in [9.17, 15) is 5.11 Å². The van der Waals surface area contributed by atoms with E-state index in [2.05, 4.69) is 4.74 Å². The Kier molecular flexibility index (Phi) is 3.36. The van der Waals surface area contributed by atoms with E-state index in [-0.39, 0.29) is 11.5 Å². The van der Waals surface area contributed by atoms with Crippen molar-refractivity contribution in [3.05, 3.63) is 18.2 Å². The first-order valence-electron chi connectivity index (χ1n) is 3.58. The van der Waals surface area contributed by atoms with E-state index in [1.807, 2.05) is 0 Å². The molecule has 0 fully saturated rings. The Morgan fingerprint density at radius 3 is 2.38 bits per heavy atom. The molecule has 0 aromatic heterocycles. The fraction of sp³-hybridized carbons (Fsp3) is 0.250. The summed E-state index contributed by atoms with van der Waals surface area (Å²) >= 11 is 0. The van der Waals surface area contributed by atoms with E-state index in [1.54, 1.807) is 0 Å². The minimum atomic E-state index is -0.532. The van der Waals surface area contributed by atoms with Gasteiger partial charge >= 0.3 is 0 Å². The highest BCUT2D eigenvalue weighted by Crippen LogP contribution is 2.29. The van der Waals surface area contributed by atoms with Gasteiger partial charge in [-0.1, -0.05) is 0 Å². The van der Waals surface area contributed by atoms with Gasteiger partial charge in [0.25, 0.3) is 0 Å². The smallest absolute Gasteiger partial charge is 0.186 e. The highest BCUT2D eigenvalue weighted by atomic mass is 16.6. The second kappa shape index (κ2) is 4.54. The fourth-order valence-corrected chi connectivity index (χ4v) is 0.844. The van der Waals surface area contributed by atoms with Gasteiger partial charge in [-0.3, -0.25) is 0 Å². The molecule has 0 saturated heterocycles. The van der Waals surface area contributed by atoms with Crippen LogP contribution in [0.3, 0.4) is 0 Å². The fourth-order valence-electron chi connectivity index (χ4n) is 0.844. The van der Waals surface area contributed by atoms with Crippen molar-refractivity contribution in [1.29, 1.82) is 0 Å². The van der Waals surface area contributed by atoms with E-state index < -0.39 is 13.6 Å². The van der Waals surface area contributed by atoms with Gasteiger partial charge in [-0.2, -0.15) is 0 Å². The monoisotopic (exact) mass is 186 g/mol. The maximum Gasteiger partial charge on any atom is 0.186 e. The van der Waals surface area contributed by atoms with Crippen LogP contribution in [-0.2, 0) is 0 Å². The van der Waals surface area contributed by atoms with Crippen LogP contribution in [0.25, 0.3) is 0 Å². The minimum absolute atomic E-state index is 0.0978. The van der Waals surface area contributed by atoms with E-state index in [0.29, 0.717) is 5.75 Å². The molecule has 1 rings (SSSR count). The number of phenols is 1. The third kappa shape index (κ3) is 2.50. The summed E-state index contributed by atoms with van der Waals surface area (Å²) in [4.78, 5) is 0. The molecule has 0 heterocycles. The number of aliphatic hydroxyl groups excluding tert-OH is 2. The van der Waals surface area contributed by atoms with Gasteiger partial charge in [-0.25, -0.2) is 0 Å². The molecular weight excluding hydrogens is 176 g/mol. The van der Waals surface area contributed by atoms with Crippen molar-refractivity contribution in [2.24, 2.45) is 0 Å². The summed E-state index contributed by atoms with van der Waals surface area (Å²) in [6.45, 7) is -0.987. The summed E-state index contributed by atoms with van der Waals surface area (Å²) in [5.41, 5.74) is 0. The van der Waals surface area contributed by atoms with Gasteiger partial charge in [0.1, 0.15) is 5.75 Å². The molecule has 1 aromatic carbocycles. The summed E-state index contributed by atoms with van der Waals surface area (Å²) < 4.78 is 9.40. The summed E-state index contributed by atoms with van der Waals surface area (Å²) in [5.74, 6) is 0.358. The van der Waals surface area contributed by atoms with E-state index in [4.69, 9.17) is 14.9 Å². The molecule has 0 atom stereocenters. The minimum Gasteiger partial charge on any atom is -0.504 e. The van der Waals surface area contributed by atoms with Crippen molar-refractivity contribution >= 4 is 0 Å². The van der Waals surface area contributed by atoms with Crippen LogP contribution in [0, 0.1) is 0 Å². The number of ether oxygens (including phenoxy) is 2. The van der Waals surface area contributed by atoms with Crippen molar-refractivity contribution in [3.8, 4) is 17.2 Å². The number of benzene rings is 1. The van der Waals surface area contributed by atoms with Crippen molar-refractivity contribution in [2.75, 3.05) is 13.6 Å². The SMILES string of the molecule is OCOc1ccc(O)c(OCO)c1. The molecule has 5 heteroatoms. The Bertz CT molecular complexity index is 273. The summed E-state index contributed by atoms with van der Waals surface area (Å²) in [5, 5.41) is 26.1. The standard InChI is InChI=1S/C8H10O5/c9-4-12-6-1-2-7(11)8(3-6)13-5-10/h1-3,9-11H,4-5H2. The molecule has 13 heavy (non-hydrogen) atoms. The normalized spacial score (nSPS) is 9.69. The molecule has 0 aliphatic carbocycles. The molecule has 0 amide bonds. The third-order valence-corrected chi connectivity index (χ3v) is 1.38. The first-order valence-corrected chi connectivity index (χ1v) is 3.58. The topological polar surface area (TPSA) is 79.2 Å². The van der Waals surface area contributed by atoms with Gasteiger partial charge in [0.05, 0.1) is 0 Å². The van der Waals surface area contributed by atoms with Crippen LogP contribution < -0.4 is 9.47 Å². The van der Waals surface area contributed by atoms with Crippen molar-refractivity contribution in [2.45, 2.75) is 0 Å². The van der Waals surface area contributed by atoms with Crippen LogP contribution in [0.2, 0.25) is 0 Å². The zero-order chi connectivity index (χ0) is 9.68. The predicted octanol–water partition coefficient (Wildman–Crippen LogP) is 0.0494. The second-order valence-electron chi connectivity index (χ2n) is 2.18. The number of phenolic OH excluding ortho intramolecular Hbond substituents is 1. The van der Waals surface area contributed by atoms with Crippen LogP contribution in [0.5, 0.6) is 17.2 Å². The van der Waals surface area contributed by atoms with Crippen LogP contribution in [0.15, 0.2) is 18.2 Å². The molecule has 72 valence electrons. The van der Waals surface area contributed by atoms with Gasteiger partial charge in [-0.15, -0.1) is 0 Å². The number of aliphatic hydroxyl groups is 2. The molecule has 0 bridgehead atoms. The predicted molar refractivity (Wildman–Crippen MR) is 43.5 cm³/mol. The van der Waals surface area contributed by atoms with Crippen LogP contribution >= 0.6 is 0 Å². The first-order chi connectivity index (χ1) is 6.27. The zero-order valence-electron chi connectivity index (χ0n) is 6.80. The van der Waals surface area contributed by atoms with Gasteiger partial charge in [0, 0.05) is 6.07 Å². The van der Waals surface area contributed by atoms with Crippen molar-refractivity contribution < 1.29 is 24.8 Å². The summed E-state index contributed by atoms with van der Waals surface area (Å²) in [7, 11) is 0. The summed E-state index contributed by atoms with van der Waals surface area (Å²) in [6.07, 6.45) is 0. The molecule has 5 nitrogen and oxygen atoms in total. The Morgan fingerprint density at radius 1 is 1.08 bits per heavy atom. The van der Waals surface area contributed by atoms with Gasteiger partial charge < -0.3 is 24.8 Å². The molecule has 0 unspecified atom stereocenters. The molecule has 0 aliphatic heterocycles. The second-order valence-corrected chi connectivity index (χ2v) is 2.18. The molecule has 0 radical (unpaired) electrons. The Hall–Kier alpha value is -1.46. The molecule has 0 spiro atoms. The highest BCUT2D eigenvalue weighted by Gasteiger charge is 2.03. The van der Waals surface area contributed by atoms with Gasteiger partial charge in [0.15, 0.2) is 25.1 Å². The number of aromatic hydroxyl groups is 1. The quantitative estimate of drug-likeness (QED) is 0.579. The largest absolute Gasteiger partial charge is 0.504 e. The lowest BCUT2D eigenvalue weighted by molar-refractivity contribution is 0.0900. The lowest BCUT2D eigenvalue weighted by Gasteiger charge is -2.07. The van der Waals surface area contributed by atoms with Gasteiger partial charge in [-0.05, 0) is 12.1 Å². The molecule has 0 aliphatic rings. The Balaban J connectivity index is 2.83. The highest BCUT2D eigenvalue weighted by molar-refractivity contribution is 5.44. The Morgan fingerprint density at radius 2 is 1.77 bits per heavy atom. The van der Waals surface area contributed by atoms with Gasteiger partial charge in [0.2, 0.25) is 0 Å². The zero-order valence-corrected chi connectivity index (χ0v) is 6.80. The van der Waals surface area contributed by atoms with Crippen LogP contribution in [-0.4, -0.2) is 28.9 Å². The molecule has 0 saturated carbocycles. The number of hydrogen-bond acceptors (Lipinski definition) is 5. The maximum absolute atomic E-state index is 9.18. The van der Waals surface area contributed by atoms with Crippen LogP contribution in [0.4, 0.5) is 0 Å². The van der Waals surface area contributed by atoms with E-state index in [0.717, 1.165) is 0 Å². The lowest BCUT2D eigenvalue weighted by Crippen LogP contribution is -1.97. The molecule has 1 aromatic rings. The third-order valence-electron chi connectivity index (χ3n) is 1.38. The maximum atomic E-state index is 9.18. The molecule has 3 N–H and O–H groups in total.